The molecule has 2 aromatic rings. The number of rotatable bonds is 6. The van der Waals surface area contributed by atoms with Crippen LogP contribution in [0.1, 0.15) is 50.1 Å². The number of oxime groups is 1. The van der Waals surface area contributed by atoms with E-state index in [2.05, 4.69) is 21.5 Å². The Morgan fingerprint density at radius 2 is 2.00 bits per heavy atom. The average Bonchev–Trinajstić information content (AvgIpc) is 3.56. The largest absolute Gasteiger partial charge is 0.394 e. The Kier molecular flexibility index (Phi) is 7.46. The highest BCUT2D eigenvalue weighted by molar-refractivity contribution is 5.86. The lowest BCUT2D eigenvalue weighted by Gasteiger charge is -2.43. The molecule has 1 aromatic carbocycles. The minimum absolute atomic E-state index is 0.0397. The maximum Gasteiger partial charge on any atom is 0.168 e. The summed E-state index contributed by atoms with van der Waals surface area (Å²) in [5, 5.41) is 42.6. The van der Waals surface area contributed by atoms with Gasteiger partial charge in [0.2, 0.25) is 0 Å². The number of hydrogen-bond acceptors (Lipinski definition) is 9. The zero-order chi connectivity index (χ0) is 27.0. The predicted molar refractivity (Wildman–Crippen MR) is 130 cm³/mol. The van der Waals surface area contributed by atoms with Gasteiger partial charge in [-0.1, -0.05) is 16.4 Å². The Balaban J connectivity index is 1.36. The molecule has 1 aromatic heterocycles. The van der Waals surface area contributed by atoms with Gasteiger partial charge in [0.15, 0.2) is 11.6 Å². The molecular weight excluding hydrogens is 500 g/mol. The second-order valence-corrected chi connectivity index (χ2v) is 10.4. The van der Waals surface area contributed by atoms with Crippen molar-refractivity contribution in [2.24, 2.45) is 11.1 Å². The zero-order valence-corrected chi connectivity index (χ0v) is 21.3. The third-order valence-electron chi connectivity index (χ3n) is 8.01. The highest BCUT2D eigenvalue weighted by atomic mass is 19.2. The second kappa shape index (κ2) is 10.6. The number of nitriles is 1. The molecule has 1 saturated heterocycles. The van der Waals surface area contributed by atoms with Crippen LogP contribution in [0.25, 0.3) is 11.3 Å². The first-order valence-corrected chi connectivity index (χ1v) is 12.8. The average molecular weight is 532 g/mol. The van der Waals surface area contributed by atoms with Crippen LogP contribution in [0.4, 0.5) is 8.78 Å². The van der Waals surface area contributed by atoms with E-state index in [0.717, 1.165) is 31.4 Å². The Hall–Kier alpha value is -2.98. The van der Waals surface area contributed by atoms with Gasteiger partial charge in [-0.25, -0.2) is 13.5 Å². The molecule has 12 heteroatoms. The number of halogens is 2. The molecule has 0 unspecified atom stereocenters. The molecule has 1 spiro atoms. The molecular formula is C26H31F2N5O5. The van der Waals surface area contributed by atoms with E-state index in [1.807, 2.05) is 0 Å². The number of aromatic nitrogens is 3. The molecule has 0 bridgehead atoms. The van der Waals surface area contributed by atoms with Gasteiger partial charge in [0.25, 0.3) is 0 Å². The van der Waals surface area contributed by atoms with Crippen molar-refractivity contribution < 1.29 is 33.3 Å². The van der Waals surface area contributed by atoms with Crippen molar-refractivity contribution in [3.05, 3.63) is 35.5 Å². The summed E-state index contributed by atoms with van der Waals surface area (Å²) in [6.45, 7) is 1.01. The zero-order valence-electron chi connectivity index (χ0n) is 21.3. The molecule has 204 valence electrons. The maximum absolute atomic E-state index is 14.6. The first-order chi connectivity index (χ1) is 18.3. The van der Waals surface area contributed by atoms with E-state index in [1.165, 1.54) is 37.0 Å². The van der Waals surface area contributed by atoms with Gasteiger partial charge in [0, 0.05) is 31.4 Å². The molecule has 10 nitrogen and oxygen atoms in total. The van der Waals surface area contributed by atoms with Crippen molar-refractivity contribution in [1.82, 2.24) is 15.0 Å². The molecule has 5 rings (SSSR count). The van der Waals surface area contributed by atoms with Crippen LogP contribution >= 0.6 is 0 Å². The first-order valence-electron chi connectivity index (χ1n) is 12.8. The summed E-state index contributed by atoms with van der Waals surface area (Å²) < 4.78 is 41.9. The minimum Gasteiger partial charge on any atom is -0.394 e. The summed E-state index contributed by atoms with van der Waals surface area (Å²) in [6.07, 6.45) is 1.88. The van der Waals surface area contributed by atoms with Crippen molar-refractivity contribution in [2.45, 2.75) is 81.5 Å². The number of methoxy groups -OCH3 is 1. The molecule has 2 aliphatic heterocycles. The van der Waals surface area contributed by atoms with Gasteiger partial charge in [-0.05, 0) is 44.2 Å². The smallest absolute Gasteiger partial charge is 0.168 e. The second-order valence-electron chi connectivity index (χ2n) is 10.4. The van der Waals surface area contributed by atoms with Crippen LogP contribution in [-0.2, 0) is 14.3 Å². The molecule has 5 atom stereocenters. The molecule has 3 aliphatic rings. The van der Waals surface area contributed by atoms with Crippen LogP contribution in [0.2, 0.25) is 0 Å². The number of benzene rings is 1. The van der Waals surface area contributed by atoms with Gasteiger partial charge in [0.05, 0.1) is 30.7 Å². The third-order valence-corrected chi connectivity index (χ3v) is 8.01. The molecule has 2 fully saturated rings. The first kappa shape index (κ1) is 26.6. The molecule has 38 heavy (non-hydrogen) atoms. The summed E-state index contributed by atoms with van der Waals surface area (Å²) in [4.78, 5) is 5.85. The Morgan fingerprint density at radius 1 is 1.24 bits per heavy atom. The lowest BCUT2D eigenvalue weighted by molar-refractivity contribution is -0.210. The lowest BCUT2D eigenvalue weighted by Crippen LogP contribution is -2.57. The third kappa shape index (κ3) is 4.80. The Morgan fingerprint density at radius 3 is 2.68 bits per heavy atom. The minimum atomic E-state index is -1.22. The van der Waals surface area contributed by atoms with E-state index < -0.39 is 54.3 Å². The number of aliphatic hydroxyl groups excluding tert-OH is 2. The molecule has 1 saturated carbocycles. The van der Waals surface area contributed by atoms with E-state index in [-0.39, 0.29) is 22.7 Å². The number of ether oxygens (including phenoxy) is 2. The van der Waals surface area contributed by atoms with E-state index >= 15 is 0 Å². The fourth-order valence-corrected chi connectivity index (χ4v) is 5.80. The van der Waals surface area contributed by atoms with Crippen LogP contribution in [0.5, 0.6) is 0 Å². The normalized spacial score (nSPS) is 33.1. The standard InChI is InChI=1S/C26H31F2N5O5/c1-14-3-4-17(22(28)21(14)27)18-12-33(32-30-18)23-24(35)20(13-34)37-19(25(23)36-2)9-16-10-26(38-31-16)7-5-15(11-29)6-8-26/h3-4,12,15,19-20,23-25,34-35H,5-10,13H2,1-2H3/t15?,19-,20-,23+,24+,25+,26?/m1/s1. The van der Waals surface area contributed by atoms with E-state index in [4.69, 9.17) is 14.3 Å². The van der Waals surface area contributed by atoms with Crippen LogP contribution in [0, 0.1) is 35.8 Å². The molecule has 3 heterocycles. The molecule has 1 aliphatic carbocycles. The van der Waals surface area contributed by atoms with Gasteiger partial charge in [0.1, 0.15) is 35.6 Å². The molecule has 2 N–H and O–H groups in total. The van der Waals surface area contributed by atoms with E-state index in [9.17, 15) is 24.3 Å². The summed E-state index contributed by atoms with van der Waals surface area (Å²) in [5.41, 5.74) is 0.569. The summed E-state index contributed by atoms with van der Waals surface area (Å²) in [6, 6.07) is 4.37. The quantitative estimate of drug-likeness (QED) is 0.581. The SMILES string of the molecule is CO[C@@H]1[C@@H](n2cc(-c3ccc(C)c(F)c3F)nn2)[C@@H](O)[C@@H](CO)O[C@@H]1CC1=NOC2(CCC(C#N)CC2)C1. The van der Waals surface area contributed by atoms with Crippen molar-refractivity contribution in [3.8, 4) is 17.3 Å². The topological polar surface area (TPSA) is 135 Å². The van der Waals surface area contributed by atoms with Gasteiger partial charge < -0.3 is 24.5 Å². The Labute approximate surface area is 218 Å². The van der Waals surface area contributed by atoms with Gasteiger partial charge in [-0.2, -0.15) is 5.26 Å². The van der Waals surface area contributed by atoms with E-state index in [1.54, 1.807) is 0 Å². The number of aryl methyl sites for hydroxylation is 1. The lowest BCUT2D eigenvalue weighted by atomic mass is 9.76. The van der Waals surface area contributed by atoms with Gasteiger partial charge in [-0.3, -0.25) is 0 Å². The fraction of sp³-hybridized carbons (Fsp3) is 0.615. The van der Waals surface area contributed by atoms with Crippen molar-refractivity contribution in [1.29, 1.82) is 5.26 Å². The predicted octanol–water partition coefficient (Wildman–Crippen LogP) is 2.83. The number of hydrogen-bond donors (Lipinski definition) is 2. The molecule has 0 radical (unpaired) electrons. The summed E-state index contributed by atoms with van der Waals surface area (Å²) in [5.74, 6) is -1.95. The number of aliphatic hydroxyl groups is 2. The highest BCUT2D eigenvalue weighted by Crippen LogP contribution is 2.42. The van der Waals surface area contributed by atoms with Crippen LogP contribution in [0.15, 0.2) is 23.5 Å². The van der Waals surface area contributed by atoms with Gasteiger partial charge in [-0.15, -0.1) is 5.10 Å². The summed E-state index contributed by atoms with van der Waals surface area (Å²) >= 11 is 0. The van der Waals surface area contributed by atoms with Gasteiger partial charge >= 0.3 is 0 Å². The summed E-state index contributed by atoms with van der Waals surface area (Å²) in [7, 11) is 1.48. The monoisotopic (exact) mass is 531 g/mol. The van der Waals surface area contributed by atoms with Crippen molar-refractivity contribution >= 4 is 5.71 Å². The van der Waals surface area contributed by atoms with Crippen LogP contribution in [-0.4, -0.2) is 74.7 Å². The maximum atomic E-state index is 14.6. The van der Waals surface area contributed by atoms with Crippen molar-refractivity contribution in [3.63, 3.8) is 0 Å². The van der Waals surface area contributed by atoms with E-state index in [0.29, 0.717) is 12.8 Å². The fourth-order valence-electron chi connectivity index (χ4n) is 5.80. The number of nitrogens with zero attached hydrogens (tertiary/aromatic N) is 5. The van der Waals surface area contributed by atoms with Crippen LogP contribution < -0.4 is 0 Å². The molecule has 0 amide bonds. The highest BCUT2D eigenvalue weighted by Gasteiger charge is 2.49. The van der Waals surface area contributed by atoms with Crippen LogP contribution in [0.3, 0.4) is 0 Å². The Bertz CT molecular complexity index is 1240. The van der Waals surface area contributed by atoms with Crippen molar-refractivity contribution in [2.75, 3.05) is 13.7 Å².